The highest BCUT2D eigenvalue weighted by molar-refractivity contribution is 5.94. The summed E-state index contributed by atoms with van der Waals surface area (Å²) in [6.07, 6.45) is 0.663. The Balaban J connectivity index is 1.39. The highest BCUT2D eigenvalue weighted by Crippen LogP contribution is 2.19. The standard InChI is InChI=1S/C22H23F2N5O2/c1-31-18-5-6-19(24)16(12-18)14-28-8-7-20-26-27-21(29(20)10-9-28)13-25-22(30)15-3-2-4-17(23)11-15/h2-6,11-12H,7-10,13-14H2,1H3,(H,25,30). The van der Waals surface area contributed by atoms with Crippen LogP contribution in [0.2, 0.25) is 0 Å². The number of nitrogens with one attached hydrogen (secondary N) is 1. The average Bonchev–Trinajstić information content (AvgIpc) is 3.05. The zero-order valence-corrected chi connectivity index (χ0v) is 17.1. The number of hydrogen-bond acceptors (Lipinski definition) is 5. The first-order chi connectivity index (χ1) is 15.0. The summed E-state index contributed by atoms with van der Waals surface area (Å²) >= 11 is 0. The maximum absolute atomic E-state index is 14.2. The predicted octanol–water partition coefficient (Wildman–Crippen LogP) is 2.55. The molecule has 7 nitrogen and oxygen atoms in total. The molecular weight excluding hydrogens is 404 g/mol. The number of carbonyl (C=O) groups is 1. The van der Waals surface area contributed by atoms with Crippen LogP contribution in [-0.4, -0.2) is 45.8 Å². The molecule has 3 aromatic rings. The van der Waals surface area contributed by atoms with E-state index in [4.69, 9.17) is 4.74 Å². The van der Waals surface area contributed by atoms with E-state index in [0.29, 0.717) is 49.7 Å². The number of benzene rings is 2. The van der Waals surface area contributed by atoms with Gasteiger partial charge in [-0.1, -0.05) is 6.07 Å². The van der Waals surface area contributed by atoms with Crippen LogP contribution in [0.5, 0.6) is 5.75 Å². The Bertz CT molecular complexity index is 1090. The number of nitrogens with zero attached hydrogens (tertiary/aromatic N) is 4. The minimum atomic E-state index is -0.462. The number of amides is 1. The molecule has 0 unspecified atom stereocenters. The fourth-order valence-corrected chi connectivity index (χ4v) is 3.65. The summed E-state index contributed by atoms with van der Waals surface area (Å²) in [6.45, 7) is 2.68. The molecule has 162 valence electrons. The molecule has 1 aromatic heterocycles. The van der Waals surface area contributed by atoms with Crippen molar-refractivity contribution >= 4 is 5.91 Å². The van der Waals surface area contributed by atoms with Gasteiger partial charge in [-0.05, 0) is 36.4 Å². The van der Waals surface area contributed by atoms with Gasteiger partial charge in [0.15, 0.2) is 5.82 Å². The molecular formula is C22H23F2N5O2. The Labute approximate surface area is 178 Å². The van der Waals surface area contributed by atoms with Crippen molar-refractivity contribution in [2.45, 2.75) is 26.1 Å². The van der Waals surface area contributed by atoms with Gasteiger partial charge in [-0.2, -0.15) is 0 Å². The van der Waals surface area contributed by atoms with Crippen molar-refractivity contribution in [2.24, 2.45) is 0 Å². The Morgan fingerprint density at radius 3 is 2.81 bits per heavy atom. The van der Waals surface area contributed by atoms with Crippen LogP contribution in [0.25, 0.3) is 0 Å². The Morgan fingerprint density at radius 1 is 1.13 bits per heavy atom. The maximum atomic E-state index is 14.2. The Morgan fingerprint density at radius 2 is 2.00 bits per heavy atom. The van der Waals surface area contributed by atoms with Gasteiger partial charge >= 0.3 is 0 Å². The molecule has 0 saturated carbocycles. The van der Waals surface area contributed by atoms with Crippen molar-refractivity contribution in [1.82, 2.24) is 25.0 Å². The molecule has 0 fully saturated rings. The van der Waals surface area contributed by atoms with Gasteiger partial charge in [-0.3, -0.25) is 9.69 Å². The zero-order chi connectivity index (χ0) is 21.8. The molecule has 0 aliphatic carbocycles. The quantitative estimate of drug-likeness (QED) is 0.655. The molecule has 1 aliphatic heterocycles. The second-order valence-electron chi connectivity index (χ2n) is 7.36. The SMILES string of the molecule is COc1ccc(F)c(CN2CCc3nnc(CNC(=O)c4cccc(F)c4)n3CC2)c1. The van der Waals surface area contributed by atoms with Crippen LogP contribution >= 0.6 is 0 Å². The number of carbonyl (C=O) groups excluding carboxylic acids is 1. The summed E-state index contributed by atoms with van der Waals surface area (Å²) < 4.78 is 34.7. The summed E-state index contributed by atoms with van der Waals surface area (Å²) in [4.78, 5) is 14.4. The van der Waals surface area contributed by atoms with E-state index in [2.05, 4.69) is 20.4 Å². The van der Waals surface area contributed by atoms with E-state index in [1.54, 1.807) is 25.3 Å². The minimum Gasteiger partial charge on any atom is -0.497 e. The highest BCUT2D eigenvalue weighted by atomic mass is 19.1. The number of hydrogen-bond donors (Lipinski definition) is 1. The molecule has 0 bridgehead atoms. The van der Waals surface area contributed by atoms with Gasteiger partial charge in [0.25, 0.3) is 5.91 Å². The summed E-state index contributed by atoms with van der Waals surface area (Å²) in [5, 5.41) is 11.2. The topological polar surface area (TPSA) is 72.3 Å². The number of aromatic nitrogens is 3. The molecule has 1 aliphatic rings. The molecule has 4 rings (SSSR count). The van der Waals surface area contributed by atoms with Crippen molar-refractivity contribution in [2.75, 3.05) is 20.2 Å². The number of rotatable bonds is 6. The molecule has 0 radical (unpaired) electrons. The first-order valence-corrected chi connectivity index (χ1v) is 10.0. The molecule has 31 heavy (non-hydrogen) atoms. The van der Waals surface area contributed by atoms with Gasteiger partial charge in [0.2, 0.25) is 0 Å². The smallest absolute Gasteiger partial charge is 0.251 e. The van der Waals surface area contributed by atoms with E-state index in [9.17, 15) is 13.6 Å². The molecule has 0 atom stereocenters. The van der Waals surface area contributed by atoms with Crippen molar-refractivity contribution in [3.63, 3.8) is 0 Å². The van der Waals surface area contributed by atoms with Crippen LogP contribution < -0.4 is 10.1 Å². The Hall–Kier alpha value is -3.33. The van der Waals surface area contributed by atoms with Crippen LogP contribution in [0, 0.1) is 11.6 Å². The van der Waals surface area contributed by atoms with E-state index >= 15 is 0 Å². The lowest BCUT2D eigenvalue weighted by Gasteiger charge is -2.20. The third kappa shape index (κ3) is 4.88. The number of halogens is 2. The number of fused-ring (bicyclic) bond motifs is 1. The third-order valence-electron chi connectivity index (χ3n) is 5.34. The van der Waals surface area contributed by atoms with Gasteiger partial charge in [0.05, 0.1) is 13.7 Å². The first-order valence-electron chi connectivity index (χ1n) is 10.0. The van der Waals surface area contributed by atoms with Gasteiger partial charge in [-0.25, -0.2) is 8.78 Å². The maximum Gasteiger partial charge on any atom is 0.251 e. The second-order valence-corrected chi connectivity index (χ2v) is 7.36. The fourth-order valence-electron chi connectivity index (χ4n) is 3.65. The van der Waals surface area contributed by atoms with Crippen molar-refractivity contribution in [3.8, 4) is 5.75 Å². The van der Waals surface area contributed by atoms with E-state index in [0.717, 1.165) is 5.82 Å². The summed E-state index contributed by atoms with van der Waals surface area (Å²) in [5.74, 6) is 0.986. The lowest BCUT2D eigenvalue weighted by atomic mass is 10.2. The van der Waals surface area contributed by atoms with Crippen molar-refractivity contribution in [3.05, 3.63) is 76.9 Å². The summed E-state index contributed by atoms with van der Waals surface area (Å²) in [7, 11) is 1.56. The van der Waals surface area contributed by atoms with E-state index < -0.39 is 5.82 Å². The number of methoxy groups -OCH3 is 1. The lowest BCUT2D eigenvalue weighted by Crippen LogP contribution is -2.28. The molecule has 2 aromatic carbocycles. The average molecular weight is 427 g/mol. The second kappa shape index (κ2) is 9.22. The normalized spacial score (nSPS) is 14.0. The van der Waals surface area contributed by atoms with Gasteiger partial charge in [0, 0.05) is 43.7 Å². The van der Waals surface area contributed by atoms with Crippen molar-refractivity contribution in [1.29, 1.82) is 0 Å². The molecule has 1 amide bonds. The molecule has 0 saturated heterocycles. The largest absolute Gasteiger partial charge is 0.497 e. The fraction of sp³-hybridized carbons (Fsp3) is 0.318. The third-order valence-corrected chi connectivity index (χ3v) is 5.34. The predicted molar refractivity (Wildman–Crippen MR) is 110 cm³/mol. The monoisotopic (exact) mass is 427 g/mol. The molecule has 2 heterocycles. The number of ether oxygens (including phenoxy) is 1. The highest BCUT2D eigenvalue weighted by Gasteiger charge is 2.20. The van der Waals surface area contributed by atoms with E-state index in [-0.39, 0.29) is 23.8 Å². The Kier molecular flexibility index (Phi) is 6.22. The minimum absolute atomic E-state index is 0.187. The lowest BCUT2D eigenvalue weighted by molar-refractivity contribution is 0.0949. The zero-order valence-electron chi connectivity index (χ0n) is 17.1. The summed E-state index contributed by atoms with van der Waals surface area (Å²) in [5.41, 5.74) is 0.835. The molecule has 1 N–H and O–H groups in total. The summed E-state index contributed by atoms with van der Waals surface area (Å²) in [6, 6.07) is 10.3. The van der Waals surface area contributed by atoms with E-state index in [1.807, 2.05) is 4.57 Å². The van der Waals surface area contributed by atoms with Gasteiger partial charge in [0.1, 0.15) is 23.2 Å². The molecule has 9 heteroatoms. The van der Waals surface area contributed by atoms with Gasteiger partial charge in [-0.15, -0.1) is 10.2 Å². The van der Waals surface area contributed by atoms with Crippen LogP contribution in [0.15, 0.2) is 42.5 Å². The van der Waals surface area contributed by atoms with Crippen LogP contribution in [0.3, 0.4) is 0 Å². The van der Waals surface area contributed by atoms with Crippen LogP contribution in [0.4, 0.5) is 8.78 Å². The van der Waals surface area contributed by atoms with E-state index in [1.165, 1.54) is 24.3 Å². The van der Waals surface area contributed by atoms with Gasteiger partial charge < -0.3 is 14.6 Å². The van der Waals surface area contributed by atoms with Crippen LogP contribution in [-0.2, 0) is 26.1 Å². The molecule has 0 spiro atoms. The van der Waals surface area contributed by atoms with Crippen LogP contribution in [0.1, 0.15) is 27.6 Å². The first kappa shape index (κ1) is 20.9. The van der Waals surface area contributed by atoms with Crippen molar-refractivity contribution < 1.29 is 18.3 Å².